The Hall–Kier alpha value is -2.45. The average Bonchev–Trinajstić information content (AvgIpc) is 3.01. The second-order valence-electron chi connectivity index (χ2n) is 6.46. The topological polar surface area (TPSA) is 63.2 Å². The molecule has 9 heteroatoms. The van der Waals surface area contributed by atoms with Gasteiger partial charge in [-0.2, -0.15) is 13.2 Å². The highest BCUT2D eigenvalue weighted by atomic mass is 19.4. The van der Waals surface area contributed by atoms with Gasteiger partial charge in [0.2, 0.25) is 0 Å². The first-order chi connectivity index (χ1) is 12.7. The smallest absolute Gasteiger partial charge is 0.422 e. The number of nitrogens with zero attached hydrogens (tertiary/aromatic N) is 2. The van der Waals surface area contributed by atoms with E-state index in [0.717, 1.165) is 5.56 Å². The molecule has 1 aliphatic heterocycles. The van der Waals surface area contributed by atoms with Crippen LogP contribution in [0.25, 0.3) is 0 Å². The van der Waals surface area contributed by atoms with E-state index >= 15 is 0 Å². The minimum absolute atomic E-state index is 0.134. The number of ether oxygens (including phenoxy) is 2. The van der Waals surface area contributed by atoms with Crippen LogP contribution < -0.4 is 10.1 Å². The van der Waals surface area contributed by atoms with Crippen LogP contribution in [0, 0.1) is 11.8 Å². The number of benzene rings is 1. The van der Waals surface area contributed by atoms with E-state index in [1.807, 2.05) is 11.8 Å². The minimum Gasteiger partial charge on any atom is -0.484 e. The fourth-order valence-corrected chi connectivity index (χ4v) is 3.02. The molecule has 1 N–H and O–H groups in total. The summed E-state index contributed by atoms with van der Waals surface area (Å²) < 4.78 is 46.4. The number of hydrogen-bond donors (Lipinski definition) is 1. The molecule has 0 spiro atoms. The molecule has 1 saturated heterocycles. The first kappa shape index (κ1) is 20.9. The van der Waals surface area contributed by atoms with Crippen molar-refractivity contribution in [3.8, 4) is 5.75 Å². The van der Waals surface area contributed by atoms with Gasteiger partial charge in [-0.3, -0.25) is 9.79 Å². The Labute approximate surface area is 156 Å². The van der Waals surface area contributed by atoms with Crippen molar-refractivity contribution in [2.75, 3.05) is 33.9 Å². The Bertz CT molecular complexity index is 679. The summed E-state index contributed by atoms with van der Waals surface area (Å²) in [6.45, 7) is 2.18. The van der Waals surface area contributed by atoms with Crippen LogP contribution in [0.2, 0.25) is 0 Å². The molecular weight excluding hydrogens is 363 g/mol. The van der Waals surface area contributed by atoms with Crippen LogP contribution in [-0.2, 0) is 16.1 Å². The van der Waals surface area contributed by atoms with Gasteiger partial charge >= 0.3 is 12.1 Å². The number of halogens is 3. The van der Waals surface area contributed by atoms with Crippen molar-refractivity contribution in [1.82, 2.24) is 10.2 Å². The van der Waals surface area contributed by atoms with Gasteiger partial charge in [-0.25, -0.2) is 0 Å². The molecule has 6 nitrogen and oxygen atoms in total. The van der Waals surface area contributed by atoms with Crippen LogP contribution in [-0.4, -0.2) is 56.9 Å². The fourth-order valence-electron chi connectivity index (χ4n) is 3.02. The van der Waals surface area contributed by atoms with Crippen molar-refractivity contribution in [2.45, 2.75) is 19.6 Å². The van der Waals surface area contributed by atoms with Gasteiger partial charge in [0.1, 0.15) is 5.75 Å². The third kappa shape index (κ3) is 6.04. The van der Waals surface area contributed by atoms with Crippen LogP contribution in [0.3, 0.4) is 0 Å². The number of rotatable bonds is 5. The number of alkyl halides is 3. The zero-order valence-corrected chi connectivity index (χ0v) is 15.5. The molecule has 1 heterocycles. The van der Waals surface area contributed by atoms with E-state index in [1.165, 1.54) is 13.2 Å². The van der Waals surface area contributed by atoms with Crippen molar-refractivity contribution in [2.24, 2.45) is 16.8 Å². The molecule has 2 atom stereocenters. The maximum atomic E-state index is 12.3. The number of nitrogens with one attached hydrogen (secondary N) is 1. The first-order valence-electron chi connectivity index (χ1n) is 8.55. The second-order valence-corrected chi connectivity index (χ2v) is 6.46. The van der Waals surface area contributed by atoms with Crippen molar-refractivity contribution >= 4 is 11.9 Å². The molecule has 27 heavy (non-hydrogen) atoms. The maximum absolute atomic E-state index is 12.3. The molecule has 0 aromatic heterocycles. The van der Waals surface area contributed by atoms with Crippen LogP contribution in [0.1, 0.15) is 12.5 Å². The van der Waals surface area contributed by atoms with Gasteiger partial charge in [0.25, 0.3) is 0 Å². The van der Waals surface area contributed by atoms with Crippen molar-refractivity contribution in [3.63, 3.8) is 0 Å². The zero-order chi connectivity index (χ0) is 20.0. The van der Waals surface area contributed by atoms with Gasteiger partial charge in [-0.15, -0.1) is 0 Å². The van der Waals surface area contributed by atoms with E-state index in [9.17, 15) is 18.0 Å². The van der Waals surface area contributed by atoms with E-state index in [2.05, 4.69) is 10.3 Å². The lowest BCUT2D eigenvalue weighted by atomic mass is 9.99. The van der Waals surface area contributed by atoms with Gasteiger partial charge in [-0.1, -0.05) is 19.1 Å². The molecule has 0 bridgehead atoms. The van der Waals surface area contributed by atoms with Crippen LogP contribution in [0.15, 0.2) is 29.3 Å². The average molecular weight is 387 g/mol. The molecule has 0 radical (unpaired) electrons. The van der Waals surface area contributed by atoms with E-state index in [1.54, 1.807) is 25.2 Å². The lowest BCUT2D eigenvalue weighted by Crippen LogP contribution is -2.40. The summed E-state index contributed by atoms with van der Waals surface area (Å²) in [5.74, 6) is 0.453. The van der Waals surface area contributed by atoms with Crippen LogP contribution >= 0.6 is 0 Å². The highest BCUT2D eigenvalue weighted by Gasteiger charge is 2.36. The van der Waals surface area contributed by atoms with Gasteiger partial charge in [0.15, 0.2) is 12.6 Å². The largest absolute Gasteiger partial charge is 0.484 e. The number of aliphatic imine (C=N–C) groups is 1. The van der Waals surface area contributed by atoms with Gasteiger partial charge in [-0.05, 0) is 23.6 Å². The van der Waals surface area contributed by atoms with E-state index in [4.69, 9.17) is 9.47 Å². The maximum Gasteiger partial charge on any atom is 0.422 e. The van der Waals surface area contributed by atoms with Crippen LogP contribution in [0.4, 0.5) is 13.2 Å². The SMILES string of the molecule is CN=C(NCc1cccc(OCC(F)(F)F)c1)N1CC(C)C(C(=O)OC)C1. The Morgan fingerprint density at radius 2 is 2.11 bits per heavy atom. The second kappa shape index (κ2) is 8.96. The molecule has 150 valence electrons. The molecule has 1 aromatic carbocycles. The predicted octanol–water partition coefficient (Wildman–Crippen LogP) is 2.44. The van der Waals surface area contributed by atoms with Crippen molar-refractivity contribution in [1.29, 1.82) is 0 Å². The third-order valence-corrected chi connectivity index (χ3v) is 4.38. The van der Waals surface area contributed by atoms with E-state index in [-0.39, 0.29) is 23.6 Å². The zero-order valence-electron chi connectivity index (χ0n) is 15.5. The molecule has 0 amide bonds. The molecule has 2 rings (SSSR count). The standard InChI is InChI=1S/C18H24F3N3O3/c1-12-9-24(10-15(12)16(25)26-3)17(22-2)23-8-13-5-4-6-14(7-13)27-11-18(19,20)21/h4-7,12,15H,8-11H2,1-3H3,(H,22,23). The summed E-state index contributed by atoms with van der Waals surface area (Å²) in [7, 11) is 3.01. The summed E-state index contributed by atoms with van der Waals surface area (Å²) in [6.07, 6.45) is -4.38. The number of likely N-dealkylation sites (tertiary alicyclic amines) is 1. The summed E-state index contributed by atoms with van der Waals surface area (Å²) in [5, 5.41) is 3.17. The summed E-state index contributed by atoms with van der Waals surface area (Å²) >= 11 is 0. The molecular formula is C18H24F3N3O3. The number of hydrogen-bond acceptors (Lipinski definition) is 4. The lowest BCUT2D eigenvalue weighted by Gasteiger charge is -2.21. The first-order valence-corrected chi connectivity index (χ1v) is 8.55. The van der Waals surface area contributed by atoms with Gasteiger partial charge in [0, 0.05) is 26.7 Å². The summed E-state index contributed by atoms with van der Waals surface area (Å²) in [5.41, 5.74) is 0.757. The van der Waals surface area contributed by atoms with E-state index < -0.39 is 12.8 Å². The quantitative estimate of drug-likeness (QED) is 0.478. The molecule has 1 fully saturated rings. The number of methoxy groups -OCH3 is 1. The molecule has 0 aliphatic carbocycles. The highest BCUT2D eigenvalue weighted by Crippen LogP contribution is 2.24. The monoisotopic (exact) mass is 387 g/mol. The number of carbonyl (C=O) groups excluding carboxylic acids is 1. The molecule has 1 aliphatic rings. The fraction of sp³-hybridized carbons (Fsp3) is 0.556. The normalized spacial score (nSPS) is 20.5. The number of carbonyl (C=O) groups is 1. The Kier molecular flexibility index (Phi) is 6.92. The third-order valence-electron chi connectivity index (χ3n) is 4.38. The van der Waals surface area contributed by atoms with Crippen LogP contribution in [0.5, 0.6) is 5.75 Å². The summed E-state index contributed by atoms with van der Waals surface area (Å²) in [6, 6.07) is 6.45. The number of guanidine groups is 1. The predicted molar refractivity (Wildman–Crippen MR) is 94.4 cm³/mol. The van der Waals surface area contributed by atoms with Crippen molar-refractivity contribution in [3.05, 3.63) is 29.8 Å². The molecule has 0 saturated carbocycles. The Morgan fingerprint density at radius 3 is 2.74 bits per heavy atom. The van der Waals surface area contributed by atoms with Crippen molar-refractivity contribution < 1.29 is 27.4 Å². The lowest BCUT2D eigenvalue weighted by molar-refractivity contribution is -0.153. The van der Waals surface area contributed by atoms with E-state index in [0.29, 0.717) is 25.6 Å². The Balaban J connectivity index is 1.94. The minimum atomic E-state index is -4.38. The van der Waals surface area contributed by atoms with Gasteiger partial charge in [0.05, 0.1) is 13.0 Å². The molecule has 1 aromatic rings. The highest BCUT2D eigenvalue weighted by molar-refractivity contribution is 5.82. The Morgan fingerprint density at radius 1 is 1.37 bits per heavy atom. The van der Waals surface area contributed by atoms with Gasteiger partial charge < -0.3 is 19.7 Å². The summed E-state index contributed by atoms with van der Waals surface area (Å²) in [4.78, 5) is 18.0. The molecule has 2 unspecified atom stereocenters. The number of esters is 1.